The second kappa shape index (κ2) is 5.22. The van der Waals surface area contributed by atoms with Gasteiger partial charge < -0.3 is 5.73 Å². The van der Waals surface area contributed by atoms with Gasteiger partial charge in [0.2, 0.25) is 5.95 Å². The number of hydrogen-bond acceptors (Lipinski definition) is 4. The van der Waals surface area contributed by atoms with Crippen LogP contribution in [0.1, 0.15) is 56.7 Å². The average Bonchev–Trinajstić information content (AvgIpc) is 2.89. The van der Waals surface area contributed by atoms with Crippen LogP contribution in [0.5, 0.6) is 0 Å². The summed E-state index contributed by atoms with van der Waals surface area (Å²) in [4.78, 5) is 11.1. The predicted octanol–water partition coefficient (Wildman–Crippen LogP) is 2.53. The molecule has 4 nitrogen and oxygen atoms in total. The molecule has 1 saturated heterocycles. The van der Waals surface area contributed by atoms with Crippen molar-refractivity contribution in [1.29, 1.82) is 0 Å². The van der Waals surface area contributed by atoms with E-state index in [4.69, 9.17) is 5.73 Å². The minimum Gasteiger partial charge on any atom is -0.368 e. The molecule has 1 aliphatic heterocycles. The molecule has 4 heteroatoms. The van der Waals surface area contributed by atoms with E-state index in [2.05, 4.69) is 14.9 Å². The summed E-state index contributed by atoms with van der Waals surface area (Å²) < 4.78 is 0. The molecule has 0 bridgehead atoms. The molecule has 1 aliphatic carbocycles. The number of rotatable bonds is 2. The third kappa shape index (κ3) is 2.34. The Morgan fingerprint density at radius 1 is 1.11 bits per heavy atom. The number of anilines is 1. The molecule has 1 atom stereocenters. The topological polar surface area (TPSA) is 55.0 Å². The van der Waals surface area contributed by atoms with Crippen molar-refractivity contribution in [2.24, 2.45) is 0 Å². The maximum atomic E-state index is 5.71. The molecule has 0 radical (unpaired) electrons. The Balaban J connectivity index is 1.78. The Hall–Kier alpha value is -1.16. The highest BCUT2D eigenvalue weighted by atomic mass is 15.2. The first kappa shape index (κ1) is 11.9. The molecule has 2 aliphatic rings. The van der Waals surface area contributed by atoms with E-state index in [9.17, 15) is 0 Å². The quantitative estimate of drug-likeness (QED) is 0.871. The summed E-state index contributed by atoms with van der Waals surface area (Å²) in [5.41, 5.74) is 6.83. The average molecular weight is 246 g/mol. The fraction of sp³-hybridized carbons (Fsp3) is 0.714. The highest BCUT2D eigenvalue weighted by molar-refractivity contribution is 5.20. The van der Waals surface area contributed by atoms with Gasteiger partial charge >= 0.3 is 0 Å². The minimum atomic E-state index is 0.406. The lowest BCUT2D eigenvalue weighted by atomic mass is 9.93. The van der Waals surface area contributed by atoms with Crippen molar-refractivity contribution in [3.05, 3.63) is 18.0 Å². The van der Waals surface area contributed by atoms with E-state index in [-0.39, 0.29) is 0 Å². The van der Waals surface area contributed by atoms with Crippen LogP contribution in [0, 0.1) is 0 Å². The van der Waals surface area contributed by atoms with Gasteiger partial charge in [-0.3, -0.25) is 4.90 Å². The zero-order valence-corrected chi connectivity index (χ0v) is 10.9. The van der Waals surface area contributed by atoms with Crippen LogP contribution < -0.4 is 5.73 Å². The Labute approximate surface area is 109 Å². The van der Waals surface area contributed by atoms with E-state index in [0.717, 1.165) is 11.7 Å². The predicted molar refractivity (Wildman–Crippen MR) is 72.0 cm³/mol. The molecular formula is C14H22N4. The molecule has 2 N–H and O–H groups in total. The van der Waals surface area contributed by atoms with E-state index in [0.29, 0.717) is 12.0 Å². The van der Waals surface area contributed by atoms with E-state index >= 15 is 0 Å². The number of likely N-dealkylation sites (tertiary alicyclic amines) is 1. The first-order valence-electron chi connectivity index (χ1n) is 7.19. The second-order valence-electron chi connectivity index (χ2n) is 5.53. The van der Waals surface area contributed by atoms with Crippen LogP contribution in [0.25, 0.3) is 0 Å². The largest absolute Gasteiger partial charge is 0.368 e. The zero-order valence-electron chi connectivity index (χ0n) is 10.9. The lowest BCUT2D eigenvalue weighted by Gasteiger charge is -2.35. The monoisotopic (exact) mass is 246 g/mol. The third-order valence-corrected chi connectivity index (χ3v) is 4.38. The van der Waals surface area contributed by atoms with Gasteiger partial charge in [-0.1, -0.05) is 19.3 Å². The Morgan fingerprint density at radius 2 is 1.94 bits per heavy atom. The molecule has 0 aromatic carbocycles. The van der Waals surface area contributed by atoms with E-state index in [1.807, 2.05) is 6.07 Å². The molecule has 3 rings (SSSR count). The van der Waals surface area contributed by atoms with Crippen LogP contribution in [0.15, 0.2) is 12.3 Å². The Morgan fingerprint density at radius 3 is 2.72 bits per heavy atom. The standard InChI is InChI=1S/C14H22N4/c15-14-16-9-8-12(17-14)13-7-4-10-18(13)11-5-2-1-3-6-11/h8-9,11,13H,1-7,10H2,(H2,15,16,17)/t13-/m1/s1. The molecule has 2 fully saturated rings. The highest BCUT2D eigenvalue weighted by Crippen LogP contribution is 2.36. The molecule has 0 unspecified atom stereocenters. The van der Waals surface area contributed by atoms with Crippen molar-refractivity contribution in [3.63, 3.8) is 0 Å². The molecule has 0 amide bonds. The van der Waals surface area contributed by atoms with Crippen LogP contribution in [0.2, 0.25) is 0 Å². The first-order chi connectivity index (χ1) is 8.84. The van der Waals surface area contributed by atoms with Crippen molar-refractivity contribution >= 4 is 5.95 Å². The van der Waals surface area contributed by atoms with E-state index in [1.54, 1.807) is 6.20 Å². The molecular weight excluding hydrogens is 224 g/mol. The van der Waals surface area contributed by atoms with Gasteiger partial charge in [0.1, 0.15) is 0 Å². The maximum absolute atomic E-state index is 5.71. The van der Waals surface area contributed by atoms with Gasteiger partial charge in [-0.05, 0) is 38.3 Å². The summed E-state index contributed by atoms with van der Waals surface area (Å²) in [5.74, 6) is 0.406. The molecule has 98 valence electrons. The molecule has 18 heavy (non-hydrogen) atoms. The van der Waals surface area contributed by atoms with Crippen LogP contribution in [0.3, 0.4) is 0 Å². The minimum absolute atomic E-state index is 0.406. The van der Waals surface area contributed by atoms with Crippen molar-refractivity contribution in [1.82, 2.24) is 14.9 Å². The summed E-state index contributed by atoms with van der Waals surface area (Å²) in [6.45, 7) is 1.22. The number of hydrogen-bond donors (Lipinski definition) is 1. The van der Waals surface area contributed by atoms with Gasteiger partial charge in [-0.25, -0.2) is 9.97 Å². The summed E-state index contributed by atoms with van der Waals surface area (Å²) >= 11 is 0. The van der Waals surface area contributed by atoms with Gasteiger partial charge in [0.15, 0.2) is 0 Å². The highest BCUT2D eigenvalue weighted by Gasteiger charge is 2.33. The molecule has 1 saturated carbocycles. The summed E-state index contributed by atoms with van der Waals surface area (Å²) in [6, 6.07) is 3.27. The van der Waals surface area contributed by atoms with Crippen molar-refractivity contribution in [3.8, 4) is 0 Å². The Bertz CT molecular complexity index is 401. The van der Waals surface area contributed by atoms with Crippen molar-refractivity contribution < 1.29 is 0 Å². The van der Waals surface area contributed by atoms with Gasteiger partial charge in [0.25, 0.3) is 0 Å². The third-order valence-electron chi connectivity index (χ3n) is 4.38. The van der Waals surface area contributed by atoms with Crippen molar-refractivity contribution in [2.45, 2.75) is 57.0 Å². The number of nitrogens with zero attached hydrogens (tertiary/aromatic N) is 3. The lowest BCUT2D eigenvalue weighted by molar-refractivity contribution is 0.140. The van der Waals surface area contributed by atoms with E-state index < -0.39 is 0 Å². The van der Waals surface area contributed by atoms with Crippen LogP contribution in [-0.4, -0.2) is 27.5 Å². The van der Waals surface area contributed by atoms with E-state index in [1.165, 1.54) is 51.5 Å². The van der Waals surface area contributed by atoms with Gasteiger partial charge in [0, 0.05) is 12.2 Å². The van der Waals surface area contributed by atoms with Crippen molar-refractivity contribution in [2.75, 3.05) is 12.3 Å². The summed E-state index contributed by atoms with van der Waals surface area (Å²) in [7, 11) is 0. The molecule has 0 spiro atoms. The van der Waals surface area contributed by atoms with Gasteiger partial charge in [-0.15, -0.1) is 0 Å². The Kier molecular flexibility index (Phi) is 3.46. The molecule has 1 aromatic heterocycles. The SMILES string of the molecule is Nc1nccc([C@H]2CCCN2C2CCCCC2)n1. The number of nitrogens with two attached hydrogens (primary N) is 1. The summed E-state index contributed by atoms with van der Waals surface area (Å²) in [6.07, 6.45) is 11.2. The normalized spacial score (nSPS) is 26.6. The maximum Gasteiger partial charge on any atom is 0.220 e. The van der Waals surface area contributed by atoms with Crippen LogP contribution in [0.4, 0.5) is 5.95 Å². The fourth-order valence-electron chi connectivity index (χ4n) is 3.53. The second-order valence-corrected chi connectivity index (χ2v) is 5.53. The smallest absolute Gasteiger partial charge is 0.220 e. The lowest BCUT2D eigenvalue weighted by Crippen LogP contribution is -2.36. The van der Waals surface area contributed by atoms with Crippen LogP contribution >= 0.6 is 0 Å². The number of nitrogen functional groups attached to an aromatic ring is 1. The number of aromatic nitrogens is 2. The zero-order chi connectivity index (χ0) is 12.4. The fourth-order valence-corrected chi connectivity index (χ4v) is 3.53. The van der Waals surface area contributed by atoms with Gasteiger partial charge in [-0.2, -0.15) is 0 Å². The van der Waals surface area contributed by atoms with Gasteiger partial charge in [0.05, 0.1) is 11.7 Å². The molecule has 2 heterocycles. The molecule has 1 aromatic rings. The summed E-state index contributed by atoms with van der Waals surface area (Å²) in [5, 5.41) is 0. The first-order valence-corrected chi connectivity index (χ1v) is 7.19. The van der Waals surface area contributed by atoms with Crippen LogP contribution in [-0.2, 0) is 0 Å².